The quantitative estimate of drug-likeness (QED) is 0.787. The third-order valence-electron chi connectivity index (χ3n) is 7.27. The Balaban J connectivity index is 1.40. The lowest BCUT2D eigenvalue weighted by Gasteiger charge is -2.45. The number of hydrogen-bond acceptors (Lipinski definition) is 7. The number of nitrogens with one attached hydrogen (secondary N) is 1. The van der Waals surface area contributed by atoms with Crippen LogP contribution in [0.4, 0.5) is 11.6 Å². The molecule has 5 heterocycles. The predicted octanol–water partition coefficient (Wildman–Crippen LogP) is 2.74. The second kappa shape index (κ2) is 6.39. The van der Waals surface area contributed by atoms with Gasteiger partial charge >= 0.3 is 0 Å². The molecule has 0 saturated carbocycles. The first-order chi connectivity index (χ1) is 15.0. The van der Waals surface area contributed by atoms with Gasteiger partial charge in [0.25, 0.3) is 0 Å². The van der Waals surface area contributed by atoms with Crippen LogP contribution in [-0.2, 0) is 14.3 Å². The van der Waals surface area contributed by atoms with E-state index in [1.165, 1.54) is 0 Å². The molecule has 31 heavy (non-hydrogen) atoms. The zero-order chi connectivity index (χ0) is 21.4. The Bertz CT molecular complexity index is 1120. The van der Waals surface area contributed by atoms with E-state index >= 15 is 0 Å². The molecule has 1 aromatic carbocycles. The van der Waals surface area contributed by atoms with Crippen LogP contribution in [-0.4, -0.2) is 46.0 Å². The molecule has 4 fully saturated rings. The van der Waals surface area contributed by atoms with Crippen LogP contribution in [0, 0.1) is 23.2 Å². The van der Waals surface area contributed by atoms with Gasteiger partial charge in [-0.1, -0.05) is 11.6 Å². The van der Waals surface area contributed by atoms with Crippen LogP contribution >= 0.6 is 11.6 Å². The Morgan fingerprint density at radius 2 is 2.16 bits per heavy atom. The first kappa shape index (κ1) is 19.0. The van der Waals surface area contributed by atoms with Crippen LogP contribution in [0.25, 0.3) is 0 Å². The summed E-state index contributed by atoms with van der Waals surface area (Å²) in [5.41, 5.74) is -0.127. The van der Waals surface area contributed by atoms with Crippen molar-refractivity contribution in [2.45, 2.75) is 43.2 Å². The summed E-state index contributed by atoms with van der Waals surface area (Å²) in [5.74, 6) is 0.114. The van der Waals surface area contributed by atoms with Crippen molar-refractivity contribution in [1.82, 2.24) is 9.97 Å². The molecule has 1 aromatic heterocycles. The Labute approximate surface area is 184 Å². The largest absolute Gasteiger partial charge is 0.365 e. The van der Waals surface area contributed by atoms with Crippen molar-refractivity contribution in [2.24, 2.45) is 11.8 Å². The molecule has 4 aliphatic heterocycles. The Hall–Kier alpha value is -2.73. The number of nitrogens with zero attached hydrogens (tertiary/aromatic N) is 4. The van der Waals surface area contributed by atoms with Gasteiger partial charge in [0.05, 0.1) is 46.3 Å². The van der Waals surface area contributed by atoms with E-state index in [2.05, 4.69) is 21.4 Å². The minimum atomic E-state index is -0.606. The number of fused-ring (bicyclic) bond motifs is 2. The second-order valence-corrected chi connectivity index (χ2v) is 9.25. The van der Waals surface area contributed by atoms with Gasteiger partial charge in [-0.05, 0) is 37.6 Å². The molecule has 2 aromatic rings. The summed E-state index contributed by atoms with van der Waals surface area (Å²) in [6.45, 7) is 2.50. The van der Waals surface area contributed by atoms with Gasteiger partial charge in [-0.2, -0.15) is 5.26 Å². The summed E-state index contributed by atoms with van der Waals surface area (Å²) in [6, 6.07) is 8.88. The van der Waals surface area contributed by atoms with Gasteiger partial charge in [-0.25, -0.2) is 9.97 Å². The van der Waals surface area contributed by atoms with Crippen LogP contribution in [0.1, 0.15) is 25.3 Å². The number of amides is 1. The molecule has 2 bridgehead atoms. The minimum absolute atomic E-state index is 0.0172. The van der Waals surface area contributed by atoms with Crippen LogP contribution in [0.2, 0.25) is 5.02 Å². The number of carbonyl (C=O) groups excluding carboxylic acids is 1. The number of carbonyl (C=O) groups is 1. The SMILES string of the molecule is C[C@@]12C[C@H](Nc3ncccn3)[C@]3(CCO[C@H]4[C@@H]3[C@@H]1C(=O)N4c1ccc(C#N)c(Cl)c1)O2. The van der Waals surface area contributed by atoms with Crippen LogP contribution in [0.5, 0.6) is 0 Å². The zero-order valence-corrected chi connectivity index (χ0v) is 17.5. The molecule has 0 unspecified atom stereocenters. The molecule has 4 aliphatic rings. The fraction of sp³-hybridized carbons (Fsp3) is 0.455. The fourth-order valence-corrected chi connectivity index (χ4v) is 6.38. The maximum atomic E-state index is 13.7. The Morgan fingerprint density at radius 3 is 2.90 bits per heavy atom. The highest BCUT2D eigenvalue weighted by Crippen LogP contribution is 2.65. The highest BCUT2D eigenvalue weighted by molar-refractivity contribution is 6.32. The van der Waals surface area contributed by atoms with E-state index in [9.17, 15) is 10.1 Å². The van der Waals surface area contributed by atoms with Crippen molar-refractivity contribution >= 4 is 29.1 Å². The predicted molar refractivity (Wildman–Crippen MR) is 111 cm³/mol. The van der Waals surface area contributed by atoms with E-state index in [4.69, 9.17) is 21.1 Å². The van der Waals surface area contributed by atoms with Gasteiger partial charge in [0.15, 0.2) is 0 Å². The number of aromatic nitrogens is 2. The first-order valence-electron chi connectivity index (χ1n) is 10.3. The molecule has 9 heteroatoms. The lowest BCUT2D eigenvalue weighted by atomic mass is 9.64. The summed E-state index contributed by atoms with van der Waals surface area (Å²) in [7, 11) is 0. The number of hydrogen-bond donors (Lipinski definition) is 1. The number of ether oxygens (including phenoxy) is 2. The fourth-order valence-electron chi connectivity index (χ4n) is 6.17. The maximum absolute atomic E-state index is 13.7. The van der Waals surface area contributed by atoms with Gasteiger partial charge < -0.3 is 14.8 Å². The van der Waals surface area contributed by atoms with Crippen molar-refractivity contribution in [1.29, 1.82) is 5.26 Å². The summed E-state index contributed by atoms with van der Waals surface area (Å²) in [5, 5.41) is 13.0. The molecule has 4 saturated heterocycles. The van der Waals surface area contributed by atoms with Crippen LogP contribution in [0.3, 0.4) is 0 Å². The average Bonchev–Trinajstić information content (AvgIpc) is 3.32. The molecule has 1 amide bonds. The first-order valence-corrected chi connectivity index (χ1v) is 10.7. The molecule has 6 rings (SSSR count). The smallest absolute Gasteiger partial charge is 0.235 e. The molecule has 0 radical (unpaired) electrons. The number of benzene rings is 1. The second-order valence-electron chi connectivity index (χ2n) is 8.84. The van der Waals surface area contributed by atoms with E-state index in [0.717, 1.165) is 0 Å². The van der Waals surface area contributed by atoms with E-state index in [1.807, 2.05) is 6.92 Å². The lowest BCUT2D eigenvalue weighted by molar-refractivity contribution is -0.141. The number of anilines is 2. The normalized spacial score (nSPS) is 37.6. The van der Waals surface area contributed by atoms with Crippen molar-refractivity contribution in [3.05, 3.63) is 47.2 Å². The molecule has 0 aliphatic carbocycles. The molecule has 8 nitrogen and oxygen atoms in total. The highest BCUT2D eigenvalue weighted by atomic mass is 35.5. The summed E-state index contributed by atoms with van der Waals surface area (Å²) in [6.07, 6.45) is 4.34. The third-order valence-corrected chi connectivity index (χ3v) is 7.58. The van der Waals surface area contributed by atoms with Gasteiger partial charge in [-0.15, -0.1) is 0 Å². The summed E-state index contributed by atoms with van der Waals surface area (Å²) < 4.78 is 12.8. The Morgan fingerprint density at radius 1 is 1.35 bits per heavy atom. The number of nitriles is 1. The standard InChI is InChI=1S/C22H20ClN5O3/c1-21-10-15(27-20-25-6-2-7-26-20)22(31-21)5-8-30-19-17(22)16(21)18(29)28(19)13-4-3-12(11-24)14(23)9-13/h2-4,6-7,9,15-17,19H,5,8,10H2,1H3,(H,25,26,27)/t15-,16+,17-,19-,21+,22-/m0/s1. The van der Waals surface area contributed by atoms with Gasteiger partial charge in [0, 0.05) is 24.5 Å². The molecule has 1 N–H and O–H groups in total. The van der Waals surface area contributed by atoms with Gasteiger partial charge in [0.2, 0.25) is 11.9 Å². The van der Waals surface area contributed by atoms with Crippen LogP contribution < -0.4 is 10.2 Å². The highest BCUT2D eigenvalue weighted by Gasteiger charge is 2.78. The number of halogens is 1. The molecule has 1 spiro atoms. The van der Waals surface area contributed by atoms with E-state index in [-0.39, 0.29) is 23.8 Å². The zero-order valence-electron chi connectivity index (χ0n) is 16.8. The van der Waals surface area contributed by atoms with Crippen LogP contribution in [0.15, 0.2) is 36.7 Å². The molecule has 158 valence electrons. The van der Waals surface area contributed by atoms with E-state index in [1.54, 1.807) is 41.6 Å². The van der Waals surface area contributed by atoms with Gasteiger partial charge in [0.1, 0.15) is 12.3 Å². The van der Waals surface area contributed by atoms with E-state index < -0.39 is 17.4 Å². The van der Waals surface area contributed by atoms with Crippen molar-refractivity contribution < 1.29 is 14.3 Å². The van der Waals surface area contributed by atoms with E-state index in [0.29, 0.717) is 41.7 Å². The molecular formula is C22H20ClN5O3. The lowest BCUT2D eigenvalue weighted by Crippen LogP contribution is -2.59. The third kappa shape index (κ3) is 2.45. The van der Waals surface area contributed by atoms with Crippen molar-refractivity contribution in [2.75, 3.05) is 16.8 Å². The maximum Gasteiger partial charge on any atom is 0.235 e. The molecular weight excluding hydrogens is 418 g/mol. The minimum Gasteiger partial charge on any atom is -0.365 e. The average molecular weight is 438 g/mol. The number of rotatable bonds is 3. The van der Waals surface area contributed by atoms with Crippen molar-refractivity contribution in [3.63, 3.8) is 0 Å². The van der Waals surface area contributed by atoms with Crippen molar-refractivity contribution in [3.8, 4) is 6.07 Å². The topological polar surface area (TPSA) is 100 Å². The molecule has 6 atom stereocenters. The summed E-state index contributed by atoms with van der Waals surface area (Å²) >= 11 is 6.27. The summed E-state index contributed by atoms with van der Waals surface area (Å²) in [4.78, 5) is 24.0. The Kier molecular flexibility index (Phi) is 3.91. The monoisotopic (exact) mass is 437 g/mol. The van der Waals surface area contributed by atoms with Gasteiger partial charge in [-0.3, -0.25) is 9.69 Å².